The number of rotatable bonds is 15. The smallest absolute Gasteiger partial charge is 0.451 e. The molecule has 2 unspecified atom stereocenters. The molecule has 29 heavy (non-hydrogen) atoms. The zero-order valence-corrected chi connectivity index (χ0v) is 18.6. The summed E-state index contributed by atoms with van der Waals surface area (Å²) in [7, 11) is -1.44. The van der Waals surface area contributed by atoms with Crippen LogP contribution in [0.15, 0.2) is 12.2 Å². The van der Waals surface area contributed by atoms with Gasteiger partial charge in [-0.25, -0.2) is 0 Å². The van der Waals surface area contributed by atoms with Crippen LogP contribution in [0.4, 0.5) is 0 Å². The summed E-state index contributed by atoms with van der Waals surface area (Å²) in [4.78, 5) is 24.8. The molecule has 0 aromatic carbocycles. The number of carboxylic acids is 1. The molecule has 6 N–H and O–H groups in total. The molecule has 166 valence electrons. The topological polar surface area (TPSA) is 145 Å². The van der Waals surface area contributed by atoms with Crippen LogP contribution in [0.1, 0.15) is 73.1 Å². The lowest BCUT2D eigenvalue weighted by molar-refractivity contribution is -0.153. The molecule has 0 aliphatic heterocycles. The van der Waals surface area contributed by atoms with Crippen molar-refractivity contribution in [3.05, 3.63) is 12.2 Å². The third-order valence-electron chi connectivity index (χ3n) is 6.19. The monoisotopic (exact) mass is 410 g/mol. The fourth-order valence-corrected chi connectivity index (χ4v) is 4.34. The molecule has 3 atom stereocenters. The van der Waals surface area contributed by atoms with Crippen molar-refractivity contribution in [2.24, 2.45) is 22.5 Å². The van der Waals surface area contributed by atoms with Gasteiger partial charge in [-0.1, -0.05) is 46.6 Å². The van der Waals surface area contributed by atoms with E-state index in [1.165, 1.54) is 19.1 Å². The van der Waals surface area contributed by atoms with E-state index >= 15 is 0 Å². The Morgan fingerprint density at radius 2 is 1.79 bits per heavy atom. The van der Waals surface area contributed by atoms with Gasteiger partial charge in [0.15, 0.2) is 5.78 Å². The van der Waals surface area contributed by atoms with E-state index in [-0.39, 0.29) is 30.2 Å². The van der Waals surface area contributed by atoms with Crippen LogP contribution >= 0.6 is 0 Å². The number of nitrogens with one attached hydrogen (secondary N) is 1. The normalized spacial score (nSPS) is 17.0. The molecule has 0 spiro atoms. The van der Waals surface area contributed by atoms with Crippen molar-refractivity contribution < 1.29 is 24.7 Å². The number of nitrogens with two attached hydrogens (primary N) is 1. The first kappa shape index (κ1) is 27.5. The first-order chi connectivity index (χ1) is 13.4. The van der Waals surface area contributed by atoms with Crippen LogP contribution in [0.3, 0.4) is 0 Å². The minimum absolute atomic E-state index is 0.0176. The van der Waals surface area contributed by atoms with Crippen LogP contribution in [-0.4, -0.2) is 45.8 Å². The van der Waals surface area contributed by atoms with Gasteiger partial charge in [0.05, 0.1) is 6.04 Å². The Morgan fingerprint density at radius 3 is 2.17 bits per heavy atom. The first-order valence-corrected chi connectivity index (χ1v) is 10.5. The number of hydrogen-bond acceptors (Lipinski definition) is 6. The maximum atomic E-state index is 12.6. The van der Waals surface area contributed by atoms with E-state index in [1.54, 1.807) is 0 Å². The molecular formula is C21H39BN2O5. The highest BCUT2D eigenvalue weighted by molar-refractivity contribution is 6.40. The number of ketones is 1. The summed E-state index contributed by atoms with van der Waals surface area (Å²) in [5, 5.41) is 37.1. The molecule has 7 nitrogen and oxygen atoms in total. The highest BCUT2D eigenvalue weighted by Gasteiger charge is 2.55. The largest absolute Gasteiger partial charge is 0.481 e. The van der Waals surface area contributed by atoms with E-state index in [9.17, 15) is 24.7 Å². The van der Waals surface area contributed by atoms with Crippen molar-refractivity contribution in [1.82, 2.24) is 0 Å². The van der Waals surface area contributed by atoms with Gasteiger partial charge < -0.3 is 26.3 Å². The van der Waals surface area contributed by atoms with Crippen LogP contribution in [-0.2, 0) is 9.59 Å². The number of hydrogen-bond donors (Lipinski definition) is 5. The van der Waals surface area contributed by atoms with Gasteiger partial charge in [0.25, 0.3) is 0 Å². The number of carbonyl (C=O) groups is 2. The van der Waals surface area contributed by atoms with Gasteiger partial charge in [0, 0.05) is 5.71 Å². The van der Waals surface area contributed by atoms with Crippen LogP contribution in [0.2, 0.25) is 6.32 Å². The summed E-state index contributed by atoms with van der Waals surface area (Å²) in [6.07, 6.45) is 5.78. The molecule has 0 aliphatic carbocycles. The predicted octanol–water partition coefficient (Wildman–Crippen LogP) is 3.05. The Kier molecular flexibility index (Phi) is 11.6. The Hall–Kier alpha value is -1.51. The Bertz CT molecular complexity index is 578. The van der Waals surface area contributed by atoms with Crippen molar-refractivity contribution in [2.45, 2.75) is 85.5 Å². The van der Waals surface area contributed by atoms with Crippen molar-refractivity contribution in [3.8, 4) is 0 Å². The average molecular weight is 410 g/mol. The highest BCUT2D eigenvalue weighted by Crippen LogP contribution is 2.53. The van der Waals surface area contributed by atoms with E-state index in [1.807, 2.05) is 27.7 Å². The Labute approximate surface area is 175 Å². The zero-order chi connectivity index (χ0) is 22.8. The molecule has 0 saturated carbocycles. The van der Waals surface area contributed by atoms with Gasteiger partial charge in [-0.2, -0.15) is 0 Å². The van der Waals surface area contributed by atoms with E-state index in [0.717, 1.165) is 6.42 Å². The van der Waals surface area contributed by atoms with Crippen molar-refractivity contribution >= 4 is 24.6 Å². The van der Waals surface area contributed by atoms with Gasteiger partial charge in [-0.3, -0.25) is 9.59 Å². The second kappa shape index (κ2) is 12.2. The number of carboxylic acid groups (broad SMARTS) is 1. The van der Waals surface area contributed by atoms with Gasteiger partial charge >= 0.3 is 13.1 Å². The lowest BCUT2D eigenvalue weighted by Gasteiger charge is -2.48. The minimum atomic E-state index is -1.48. The van der Waals surface area contributed by atoms with Crippen LogP contribution < -0.4 is 5.73 Å². The standard InChI is InChI=1S/C21H39BN2O5/c1-6-11-20(7-2,12-9-14-22(28)29)21(16(5)23,19(26)27)13-8-10-17(25)18(24)15(3)4/h8,10,15,18,23,28-29H,6-7,9,11-14,24H2,1-5H3,(H,26,27)/b10-8+,23-16?/t18-,20?,21?/m0/s1. The van der Waals surface area contributed by atoms with E-state index < -0.39 is 30.0 Å². The number of aliphatic carboxylic acids is 1. The summed E-state index contributed by atoms with van der Waals surface area (Å²) in [6, 6.07) is -0.649. The van der Waals surface area contributed by atoms with E-state index in [4.69, 9.17) is 11.1 Å². The Morgan fingerprint density at radius 1 is 1.21 bits per heavy atom. The molecule has 0 heterocycles. The zero-order valence-electron chi connectivity index (χ0n) is 18.6. The van der Waals surface area contributed by atoms with Gasteiger partial charge in [0.1, 0.15) is 5.41 Å². The molecule has 0 bridgehead atoms. The molecular weight excluding hydrogens is 371 g/mol. The summed E-state index contributed by atoms with van der Waals surface area (Å²) in [5.74, 6) is -1.38. The summed E-state index contributed by atoms with van der Waals surface area (Å²) < 4.78 is 0. The van der Waals surface area contributed by atoms with E-state index in [0.29, 0.717) is 25.7 Å². The third-order valence-corrected chi connectivity index (χ3v) is 6.19. The van der Waals surface area contributed by atoms with Gasteiger partial charge in [-0.05, 0) is 56.3 Å². The first-order valence-electron chi connectivity index (χ1n) is 10.5. The fraction of sp³-hybridized carbons (Fsp3) is 0.762. The predicted molar refractivity (Wildman–Crippen MR) is 117 cm³/mol. The second-order valence-electron chi connectivity index (χ2n) is 8.37. The molecule has 8 heteroatoms. The summed E-state index contributed by atoms with van der Waals surface area (Å²) in [5.41, 5.74) is 3.70. The van der Waals surface area contributed by atoms with Crippen molar-refractivity contribution in [1.29, 1.82) is 5.41 Å². The Balaban J connectivity index is 6.09. The van der Waals surface area contributed by atoms with Crippen molar-refractivity contribution in [2.75, 3.05) is 0 Å². The SMILES string of the molecule is CCCC(CC)(CCCB(O)O)C(C/C=C/C(=O)[C@@H](N)C(C)C)(C(C)=N)C(=O)O. The quantitative estimate of drug-likeness (QED) is 0.159. The molecule has 0 aromatic rings. The highest BCUT2D eigenvalue weighted by atomic mass is 16.4. The minimum Gasteiger partial charge on any atom is -0.481 e. The van der Waals surface area contributed by atoms with Gasteiger partial charge in [-0.15, -0.1) is 0 Å². The summed E-state index contributed by atoms with van der Waals surface area (Å²) >= 11 is 0. The summed E-state index contributed by atoms with van der Waals surface area (Å²) in [6.45, 7) is 9.08. The maximum absolute atomic E-state index is 12.6. The van der Waals surface area contributed by atoms with E-state index in [2.05, 4.69) is 0 Å². The lowest BCUT2D eigenvalue weighted by atomic mass is 9.54. The number of allylic oxidation sites excluding steroid dienone is 1. The molecule has 0 rings (SSSR count). The van der Waals surface area contributed by atoms with Crippen LogP contribution in [0.5, 0.6) is 0 Å². The molecule has 0 aromatic heterocycles. The molecule has 0 saturated heterocycles. The number of carbonyl (C=O) groups excluding carboxylic acids is 1. The average Bonchev–Trinajstić information content (AvgIpc) is 2.62. The second-order valence-corrected chi connectivity index (χ2v) is 8.37. The van der Waals surface area contributed by atoms with Crippen LogP contribution in [0, 0.1) is 22.2 Å². The molecule has 0 aliphatic rings. The fourth-order valence-electron chi connectivity index (χ4n) is 4.34. The third kappa shape index (κ3) is 6.76. The maximum Gasteiger partial charge on any atom is 0.451 e. The van der Waals surface area contributed by atoms with Crippen LogP contribution in [0.25, 0.3) is 0 Å². The molecule has 0 radical (unpaired) electrons. The molecule has 0 amide bonds. The van der Waals surface area contributed by atoms with Gasteiger partial charge in [0.2, 0.25) is 0 Å². The lowest BCUT2D eigenvalue weighted by Crippen LogP contribution is -2.52. The van der Waals surface area contributed by atoms with Crippen molar-refractivity contribution in [3.63, 3.8) is 0 Å². The molecule has 0 fully saturated rings.